The molecule has 10 heteroatoms. The fraction of sp³-hybridized carbons (Fsp3) is 0.200. The molecule has 3 aromatic heterocycles. The standard InChI is InChI=1S/C15H15N7O3/c1-25-15(24)12-9-22(21-19-12)7-6-17-14(23)10-8-18-20-13(10)11-4-2-3-5-16-11/h2-5,8-9H,6-7H2,1H3,(H,17,23)(H,18,20). The number of esters is 1. The molecule has 0 aliphatic carbocycles. The Labute approximate surface area is 142 Å². The molecule has 25 heavy (non-hydrogen) atoms. The Bertz CT molecular complexity index is 872. The molecule has 128 valence electrons. The SMILES string of the molecule is COC(=O)c1cn(CCNC(=O)c2cn[nH]c2-c2ccccn2)nn1. The first kappa shape index (κ1) is 16.3. The zero-order valence-corrected chi connectivity index (χ0v) is 13.3. The van der Waals surface area contributed by atoms with E-state index in [0.29, 0.717) is 30.0 Å². The van der Waals surface area contributed by atoms with Gasteiger partial charge < -0.3 is 10.1 Å². The monoisotopic (exact) mass is 341 g/mol. The highest BCUT2D eigenvalue weighted by atomic mass is 16.5. The number of carbonyl (C=O) groups excluding carboxylic acids is 2. The van der Waals surface area contributed by atoms with Crippen LogP contribution in [0, 0.1) is 0 Å². The lowest BCUT2D eigenvalue weighted by Gasteiger charge is -2.05. The van der Waals surface area contributed by atoms with Crippen molar-refractivity contribution in [2.45, 2.75) is 6.54 Å². The minimum Gasteiger partial charge on any atom is -0.464 e. The smallest absolute Gasteiger partial charge is 0.360 e. The number of aromatic nitrogens is 6. The van der Waals surface area contributed by atoms with Crippen molar-refractivity contribution in [3.8, 4) is 11.4 Å². The van der Waals surface area contributed by atoms with Crippen molar-refractivity contribution in [1.82, 2.24) is 35.5 Å². The van der Waals surface area contributed by atoms with Gasteiger partial charge in [-0.15, -0.1) is 5.10 Å². The van der Waals surface area contributed by atoms with Crippen molar-refractivity contribution in [3.05, 3.63) is 48.0 Å². The lowest BCUT2D eigenvalue weighted by Crippen LogP contribution is -2.27. The van der Waals surface area contributed by atoms with Crippen LogP contribution in [0.4, 0.5) is 0 Å². The van der Waals surface area contributed by atoms with Crippen LogP contribution in [0.2, 0.25) is 0 Å². The van der Waals surface area contributed by atoms with E-state index in [0.717, 1.165) is 0 Å². The Kier molecular flexibility index (Phi) is 4.79. The highest BCUT2D eigenvalue weighted by molar-refractivity contribution is 5.99. The molecule has 0 aromatic carbocycles. The summed E-state index contributed by atoms with van der Waals surface area (Å²) < 4.78 is 6.00. The summed E-state index contributed by atoms with van der Waals surface area (Å²) in [5.41, 5.74) is 1.68. The Morgan fingerprint density at radius 1 is 1.36 bits per heavy atom. The molecule has 0 aliphatic heterocycles. The van der Waals surface area contributed by atoms with Gasteiger partial charge >= 0.3 is 5.97 Å². The second-order valence-corrected chi connectivity index (χ2v) is 4.99. The normalized spacial score (nSPS) is 10.4. The molecule has 0 unspecified atom stereocenters. The molecule has 0 saturated carbocycles. The molecule has 3 heterocycles. The third kappa shape index (κ3) is 3.68. The van der Waals surface area contributed by atoms with Crippen LogP contribution < -0.4 is 5.32 Å². The maximum Gasteiger partial charge on any atom is 0.360 e. The summed E-state index contributed by atoms with van der Waals surface area (Å²) in [4.78, 5) is 27.8. The van der Waals surface area contributed by atoms with Crippen LogP contribution in [0.1, 0.15) is 20.8 Å². The minimum atomic E-state index is -0.561. The Morgan fingerprint density at radius 3 is 3.00 bits per heavy atom. The number of pyridine rings is 1. The summed E-state index contributed by atoms with van der Waals surface area (Å²) in [5, 5.41) is 16.9. The van der Waals surface area contributed by atoms with Crippen molar-refractivity contribution >= 4 is 11.9 Å². The molecule has 0 fully saturated rings. The van der Waals surface area contributed by atoms with E-state index < -0.39 is 5.97 Å². The molecule has 10 nitrogen and oxygen atoms in total. The van der Waals surface area contributed by atoms with Gasteiger partial charge in [-0.3, -0.25) is 14.9 Å². The molecule has 0 radical (unpaired) electrons. The van der Waals surface area contributed by atoms with Crippen molar-refractivity contribution in [3.63, 3.8) is 0 Å². The Morgan fingerprint density at radius 2 is 2.24 bits per heavy atom. The summed E-state index contributed by atoms with van der Waals surface area (Å²) in [6, 6.07) is 5.41. The zero-order chi connectivity index (χ0) is 17.6. The van der Waals surface area contributed by atoms with Gasteiger partial charge in [-0.1, -0.05) is 11.3 Å². The summed E-state index contributed by atoms with van der Waals surface area (Å²) in [6.07, 6.45) is 4.54. The molecule has 0 saturated heterocycles. The Balaban J connectivity index is 1.60. The number of methoxy groups -OCH3 is 1. The second kappa shape index (κ2) is 7.34. The first-order chi connectivity index (χ1) is 12.2. The summed E-state index contributed by atoms with van der Waals surface area (Å²) >= 11 is 0. The number of aromatic amines is 1. The van der Waals surface area contributed by atoms with Gasteiger partial charge in [-0.25, -0.2) is 9.48 Å². The molecule has 0 atom stereocenters. The van der Waals surface area contributed by atoms with Gasteiger partial charge in [-0.05, 0) is 12.1 Å². The van der Waals surface area contributed by atoms with Gasteiger partial charge in [0.1, 0.15) is 0 Å². The van der Waals surface area contributed by atoms with Crippen molar-refractivity contribution in [2.75, 3.05) is 13.7 Å². The third-order valence-corrected chi connectivity index (χ3v) is 3.36. The van der Waals surface area contributed by atoms with Crippen LogP contribution in [-0.2, 0) is 11.3 Å². The van der Waals surface area contributed by atoms with Crippen LogP contribution >= 0.6 is 0 Å². The van der Waals surface area contributed by atoms with E-state index in [4.69, 9.17) is 0 Å². The van der Waals surface area contributed by atoms with Crippen LogP contribution in [0.25, 0.3) is 11.4 Å². The van der Waals surface area contributed by atoms with E-state index in [-0.39, 0.29) is 11.6 Å². The third-order valence-electron chi connectivity index (χ3n) is 3.36. The minimum absolute atomic E-state index is 0.112. The first-order valence-corrected chi connectivity index (χ1v) is 7.40. The highest BCUT2D eigenvalue weighted by Crippen LogP contribution is 2.17. The lowest BCUT2D eigenvalue weighted by atomic mass is 10.1. The summed E-state index contributed by atoms with van der Waals surface area (Å²) in [6.45, 7) is 0.655. The molecule has 1 amide bonds. The number of ether oxygens (including phenoxy) is 1. The van der Waals surface area contributed by atoms with E-state index in [1.807, 2.05) is 6.07 Å². The second-order valence-electron chi connectivity index (χ2n) is 4.99. The number of hydrogen-bond donors (Lipinski definition) is 2. The van der Waals surface area contributed by atoms with Gasteiger partial charge in [0, 0.05) is 12.7 Å². The van der Waals surface area contributed by atoms with Crippen molar-refractivity contribution < 1.29 is 14.3 Å². The summed E-state index contributed by atoms with van der Waals surface area (Å²) in [7, 11) is 1.27. The summed E-state index contributed by atoms with van der Waals surface area (Å²) in [5.74, 6) is -0.851. The van der Waals surface area contributed by atoms with Gasteiger partial charge in [-0.2, -0.15) is 5.10 Å². The molecular weight excluding hydrogens is 326 g/mol. The maximum absolute atomic E-state index is 12.3. The number of rotatable bonds is 6. The molecule has 0 spiro atoms. The van der Waals surface area contributed by atoms with Gasteiger partial charge in [0.25, 0.3) is 5.91 Å². The number of nitrogens with one attached hydrogen (secondary N) is 2. The first-order valence-electron chi connectivity index (χ1n) is 7.40. The predicted molar refractivity (Wildman–Crippen MR) is 85.5 cm³/mol. The molecule has 2 N–H and O–H groups in total. The molecule has 0 bridgehead atoms. The zero-order valence-electron chi connectivity index (χ0n) is 13.3. The van der Waals surface area contributed by atoms with Crippen molar-refractivity contribution in [2.24, 2.45) is 0 Å². The number of H-pyrrole nitrogens is 1. The van der Waals surface area contributed by atoms with Crippen LogP contribution in [0.15, 0.2) is 36.8 Å². The molecule has 0 aliphatic rings. The fourth-order valence-electron chi connectivity index (χ4n) is 2.15. The number of hydrogen-bond acceptors (Lipinski definition) is 7. The average Bonchev–Trinajstić information content (AvgIpc) is 3.31. The van der Waals surface area contributed by atoms with Gasteiger partial charge in [0.05, 0.1) is 43.0 Å². The number of nitrogens with zero attached hydrogens (tertiary/aromatic N) is 5. The van der Waals surface area contributed by atoms with E-state index in [9.17, 15) is 9.59 Å². The van der Waals surface area contributed by atoms with Crippen LogP contribution in [0.5, 0.6) is 0 Å². The molecule has 3 rings (SSSR count). The molecule has 3 aromatic rings. The fourth-order valence-corrected chi connectivity index (χ4v) is 2.15. The quantitative estimate of drug-likeness (QED) is 0.616. The highest BCUT2D eigenvalue weighted by Gasteiger charge is 2.16. The van der Waals surface area contributed by atoms with Crippen LogP contribution in [0.3, 0.4) is 0 Å². The largest absolute Gasteiger partial charge is 0.464 e. The predicted octanol–water partition coefficient (Wildman–Crippen LogP) is 0.280. The van der Waals surface area contributed by atoms with Crippen molar-refractivity contribution in [1.29, 1.82) is 0 Å². The molecular formula is C15H15N7O3. The van der Waals surface area contributed by atoms with E-state index >= 15 is 0 Å². The van der Waals surface area contributed by atoms with E-state index in [1.165, 1.54) is 24.2 Å². The number of carbonyl (C=O) groups is 2. The van der Waals surface area contributed by atoms with Crippen LogP contribution in [-0.4, -0.2) is 55.7 Å². The lowest BCUT2D eigenvalue weighted by molar-refractivity contribution is 0.0593. The topological polar surface area (TPSA) is 128 Å². The average molecular weight is 341 g/mol. The van der Waals surface area contributed by atoms with Gasteiger partial charge in [0.15, 0.2) is 5.69 Å². The number of amides is 1. The van der Waals surface area contributed by atoms with Gasteiger partial charge in [0.2, 0.25) is 0 Å². The maximum atomic E-state index is 12.3. The van der Waals surface area contributed by atoms with E-state index in [2.05, 4.69) is 35.5 Å². The Hall–Kier alpha value is -3.56. The van der Waals surface area contributed by atoms with E-state index in [1.54, 1.807) is 18.3 Å².